The molecule has 0 fully saturated rings. The van der Waals surface area contributed by atoms with Crippen molar-refractivity contribution in [3.8, 4) is 6.01 Å². The highest BCUT2D eigenvalue weighted by Crippen LogP contribution is 2.15. The number of rotatable bonds is 2. The molecule has 0 aliphatic carbocycles. The molecule has 1 heterocycles. The van der Waals surface area contributed by atoms with Crippen LogP contribution < -0.4 is 4.74 Å². The number of ether oxygens (including phenoxy) is 1. The summed E-state index contributed by atoms with van der Waals surface area (Å²) >= 11 is 0. The van der Waals surface area contributed by atoms with Crippen molar-refractivity contribution < 1.29 is 19.3 Å². The lowest BCUT2D eigenvalue weighted by molar-refractivity contribution is -0.154. The van der Waals surface area contributed by atoms with E-state index in [1.54, 1.807) is 0 Å². The molecule has 0 atom stereocenters. The van der Waals surface area contributed by atoms with Gasteiger partial charge in [-0.05, 0) is 6.04 Å². The molecule has 3 nitrogen and oxygen atoms in total. The van der Waals surface area contributed by atoms with Gasteiger partial charge in [0.15, 0.2) is 6.61 Å². The van der Waals surface area contributed by atoms with Crippen molar-refractivity contribution in [1.29, 1.82) is 0 Å². The van der Waals surface area contributed by atoms with Crippen molar-refractivity contribution in [2.24, 2.45) is 0 Å². The molecule has 0 unspecified atom stereocenters. The smallest absolute Gasteiger partial charge is 0.422 e. The van der Waals surface area contributed by atoms with Gasteiger partial charge in [-0.15, -0.1) is 0 Å². The van der Waals surface area contributed by atoms with Crippen LogP contribution in [0.25, 0.3) is 0 Å². The highest BCUT2D eigenvalue weighted by molar-refractivity contribution is 4.93. The molecular weight excluding hydrogens is 173 g/mol. The second kappa shape index (κ2) is 3.38. The lowest BCUT2D eigenvalue weighted by Crippen LogP contribution is -2.20. The fourth-order valence-electron chi connectivity index (χ4n) is 0.473. The SMILES string of the molecule is [2H]c1cnc(OCC(F)(F)F)nc1. The van der Waals surface area contributed by atoms with Gasteiger partial charge in [0.1, 0.15) is 0 Å². The molecule has 0 aromatic carbocycles. The van der Waals surface area contributed by atoms with Crippen LogP contribution in [0.4, 0.5) is 13.2 Å². The molecule has 66 valence electrons. The molecule has 0 saturated heterocycles. The minimum atomic E-state index is -4.40. The number of alkyl halides is 3. The van der Waals surface area contributed by atoms with Gasteiger partial charge in [-0.25, -0.2) is 9.97 Å². The molecule has 12 heavy (non-hydrogen) atoms. The maximum absolute atomic E-state index is 11.6. The minimum absolute atomic E-state index is 0.0133. The Hall–Kier alpha value is -1.33. The van der Waals surface area contributed by atoms with E-state index in [0.717, 1.165) is 12.4 Å². The summed E-state index contributed by atoms with van der Waals surface area (Å²) in [5.41, 5.74) is 0. The molecule has 1 aromatic rings. The average Bonchev–Trinajstić information content (AvgIpc) is 2.02. The highest BCUT2D eigenvalue weighted by atomic mass is 19.4. The molecule has 0 bridgehead atoms. The van der Waals surface area contributed by atoms with Gasteiger partial charge < -0.3 is 4.74 Å². The molecule has 0 amide bonds. The van der Waals surface area contributed by atoms with Gasteiger partial charge in [0.25, 0.3) is 0 Å². The molecule has 0 N–H and O–H groups in total. The summed E-state index contributed by atoms with van der Waals surface area (Å²) < 4.78 is 45.9. The van der Waals surface area contributed by atoms with Gasteiger partial charge in [-0.2, -0.15) is 13.2 Å². The Bertz CT molecular complexity index is 274. The van der Waals surface area contributed by atoms with Crippen LogP contribution in [-0.4, -0.2) is 22.8 Å². The van der Waals surface area contributed by atoms with E-state index in [-0.39, 0.29) is 12.1 Å². The van der Waals surface area contributed by atoms with Gasteiger partial charge in [0, 0.05) is 12.4 Å². The van der Waals surface area contributed by atoms with Gasteiger partial charge in [0.2, 0.25) is 0 Å². The normalized spacial score (nSPS) is 12.4. The Morgan fingerprint density at radius 3 is 2.50 bits per heavy atom. The Kier molecular flexibility index (Phi) is 2.06. The molecule has 1 aromatic heterocycles. The van der Waals surface area contributed by atoms with Crippen molar-refractivity contribution >= 4 is 0 Å². The van der Waals surface area contributed by atoms with Crippen molar-refractivity contribution in [3.63, 3.8) is 0 Å². The van der Waals surface area contributed by atoms with Gasteiger partial charge in [-0.1, -0.05) is 0 Å². The minimum Gasteiger partial charge on any atom is -0.454 e. The predicted octanol–water partition coefficient (Wildman–Crippen LogP) is 1.42. The standard InChI is InChI=1S/C6H5F3N2O/c7-6(8,9)4-12-5-10-2-1-3-11-5/h1-3H,4H2/i1D. The van der Waals surface area contributed by atoms with Crippen molar-refractivity contribution in [2.75, 3.05) is 6.61 Å². The Morgan fingerprint density at radius 1 is 1.42 bits per heavy atom. The lowest BCUT2D eigenvalue weighted by Gasteiger charge is -2.05. The first-order valence-electron chi connectivity index (χ1n) is 3.45. The molecular formula is C6H5F3N2O. The van der Waals surface area contributed by atoms with Gasteiger partial charge >= 0.3 is 12.2 Å². The van der Waals surface area contributed by atoms with Crippen LogP contribution in [0.2, 0.25) is 0 Å². The number of hydrogen-bond donors (Lipinski definition) is 0. The van der Waals surface area contributed by atoms with Crippen LogP contribution in [0.15, 0.2) is 18.4 Å². The van der Waals surface area contributed by atoms with E-state index in [1.807, 2.05) is 0 Å². The highest BCUT2D eigenvalue weighted by Gasteiger charge is 2.28. The fourth-order valence-corrected chi connectivity index (χ4v) is 0.473. The largest absolute Gasteiger partial charge is 0.454 e. The van der Waals surface area contributed by atoms with Crippen LogP contribution in [0.3, 0.4) is 0 Å². The average molecular weight is 179 g/mol. The first kappa shape index (κ1) is 7.33. The third-order valence-electron chi connectivity index (χ3n) is 0.864. The monoisotopic (exact) mass is 179 g/mol. The molecule has 1 rings (SSSR count). The van der Waals surface area contributed by atoms with Crippen molar-refractivity contribution in [2.45, 2.75) is 6.18 Å². The third kappa shape index (κ3) is 3.18. The van der Waals surface area contributed by atoms with E-state index in [4.69, 9.17) is 1.37 Å². The van der Waals surface area contributed by atoms with E-state index in [9.17, 15) is 13.2 Å². The molecule has 0 aliphatic heterocycles. The van der Waals surface area contributed by atoms with Crippen LogP contribution in [-0.2, 0) is 0 Å². The lowest BCUT2D eigenvalue weighted by atomic mass is 10.7. The quantitative estimate of drug-likeness (QED) is 0.688. The zero-order valence-corrected chi connectivity index (χ0v) is 5.80. The topological polar surface area (TPSA) is 35.0 Å². The first-order valence-corrected chi connectivity index (χ1v) is 2.95. The van der Waals surface area contributed by atoms with E-state index in [0.29, 0.717) is 0 Å². The summed E-state index contributed by atoms with van der Waals surface area (Å²) in [6, 6.07) is -0.368. The summed E-state index contributed by atoms with van der Waals surface area (Å²) in [5.74, 6) is 0. The first-order chi connectivity index (χ1) is 5.97. The molecule has 0 spiro atoms. The summed E-state index contributed by atoms with van der Waals surface area (Å²) in [5, 5.41) is 0. The van der Waals surface area contributed by atoms with Crippen LogP contribution in [0.5, 0.6) is 6.01 Å². The van der Waals surface area contributed by atoms with Gasteiger partial charge in [0.05, 0.1) is 1.37 Å². The maximum Gasteiger partial charge on any atom is 0.422 e. The van der Waals surface area contributed by atoms with Gasteiger partial charge in [-0.3, -0.25) is 0 Å². The van der Waals surface area contributed by atoms with Crippen molar-refractivity contribution in [1.82, 2.24) is 9.97 Å². The van der Waals surface area contributed by atoms with E-state index >= 15 is 0 Å². The number of halogens is 3. The number of nitrogens with zero attached hydrogens (tertiary/aromatic N) is 2. The molecule has 0 aliphatic rings. The summed E-state index contributed by atoms with van der Waals surface area (Å²) in [4.78, 5) is 6.72. The van der Waals surface area contributed by atoms with Crippen LogP contribution >= 0.6 is 0 Å². The predicted molar refractivity (Wildman–Crippen MR) is 33.6 cm³/mol. The van der Waals surface area contributed by atoms with Crippen LogP contribution in [0.1, 0.15) is 1.37 Å². The second-order valence-corrected chi connectivity index (χ2v) is 1.87. The Balaban J connectivity index is 2.51. The van der Waals surface area contributed by atoms with E-state index in [2.05, 4.69) is 14.7 Å². The number of hydrogen-bond acceptors (Lipinski definition) is 3. The Morgan fingerprint density at radius 2 is 2.00 bits per heavy atom. The third-order valence-corrected chi connectivity index (χ3v) is 0.864. The summed E-state index contributed by atoms with van der Waals surface area (Å²) in [6.45, 7) is -1.43. The fraction of sp³-hybridized carbons (Fsp3) is 0.333. The van der Waals surface area contributed by atoms with Crippen LogP contribution in [0, 0.1) is 0 Å². The Labute approximate surface area is 67.6 Å². The zero-order valence-electron chi connectivity index (χ0n) is 6.80. The second-order valence-electron chi connectivity index (χ2n) is 1.87. The molecule has 0 radical (unpaired) electrons. The number of aromatic nitrogens is 2. The summed E-state index contributed by atoms with van der Waals surface area (Å²) in [7, 11) is 0. The molecule has 6 heteroatoms. The molecule has 0 saturated carbocycles. The summed E-state index contributed by atoms with van der Waals surface area (Å²) in [6.07, 6.45) is -2.29. The maximum atomic E-state index is 11.6. The van der Waals surface area contributed by atoms with Crippen molar-refractivity contribution in [3.05, 3.63) is 18.4 Å². The van der Waals surface area contributed by atoms with E-state index in [1.165, 1.54) is 0 Å². The van der Waals surface area contributed by atoms with E-state index < -0.39 is 12.8 Å². The zero-order chi connectivity index (χ0) is 9.90.